The molecule has 1 atom stereocenters. The van der Waals surface area contributed by atoms with Crippen molar-refractivity contribution in [3.8, 4) is 0 Å². The van der Waals surface area contributed by atoms with Crippen LogP contribution in [0.15, 0.2) is 24.3 Å². The van der Waals surface area contributed by atoms with E-state index in [1.54, 1.807) is 0 Å². The average molecular weight is 345 g/mol. The van der Waals surface area contributed by atoms with Gasteiger partial charge in [0.15, 0.2) is 0 Å². The molecule has 1 heterocycles. The molecule has 22 heavy (non-hydrogen) atoms. The summed E-state index contributed by atoms with van der Waals surface area (Å²) in [5.41, 5.74) is 1.17. The van der Waals surface area contributed by atoms with Gasteiger partial charge in [-0.25, -0.2) is 0 Å². The van der Waals surface area contributed by atoms with Crippen molar-refractivity contribution in [1.29, 1.82) is 0 Å². The molecular weight excluding hydrogens is 319 g/mol. The molecule has 124 valence electrons. The minimum absolute atomic E-state index is 0. The van der Waals surface area contributed by atoms with Crippen LogP contribution >= 0.6 is 24.0 Å². The van der Waals surface area contributed by atoms with Gasteiger partial charge in [0.1, 0.15) is 0 Å². The molecular formula is C17H26Cl2N2O. The topological polar surface area (TPSA) is 32.3 Å². The monoisotopic (exact) mass is 344 g/mol. The first-order valence-corrected chi connectivity index (χ1v) is 8.06. The normalized spacial score (nSPS) is 18.7. The van der Waals surface area contributed by atoms with Crippen LogP contribution in [0.2, 0.25) is 5.02 Å². The number of benzene rings is 1. The van der Waals surface area contributed by atoms with Crippen molar-refractivity contribution < 1.29 is 4.79 Å². The number of nitrogens with one attached hydrogen (secondary N) is 1. The third-order valence-electron chi connectivity index (χ3n) is 4.38. The van der Waals surface area contributed by atoms with E-state index in [4.69, 9.17) is 11.6 Å². The molecule has 3 nitrogen and oxygen atoms in total. The van der Waals surface area contributed by atoms with Gasteiger partial charge in [0.2, 0.25) is 5.91 Å². The van der Waals surface area contributed by atoms with Crippen molar-refractivity contribution >= 4 is 29.9 Å². The number of nitrogens with zero attached hydrogens (tertiary/aromatic N) is 1. The summed E-state index contributed by atoms with van der Waals surface area (Å²) in [5.74, 6) is 0.244. The van der Waals surface area contributed by atoms with Crippen LogP contribution in [0, 0.1) is 5.41 Å². The predicted molar refractivity (Wildman–Crippen MR) is 94.7 cm³/mol. The summed E-state index contributed by atoms with van der Waals surface area (Å²) < 4.78 is 0. The van der Waals surface area contributed by atoms with Crippen molar-refractivity contribution in [2.45, 2.75) is 39.7 Å². The van der Waals surface area contributed by atoms with Gasteiger partial charge >= 0.3 is 0 Å². The van der Waals surface area contributed by atoms with Crippen molar-refractivity contribution in [3.63, 3.8) is 0 Å². The summed E-state index contributed by atoms with van der Waals surface area (Å²) >= 11 is 6.10. The fraction of sp³-hybridized carbons (Fsp3) is 0.588. The van der Waals surface area contributed by atoms with Crippen LogP contribution in [0.1, 0.15) is 45.2 Å². The summed E-state index contributed by atoms with van der Waals surface area (Å²) in [6, 6.07) is 7.91. The molecule has 1 amide bonds. The Hall–Kier alpha value is -0.770. The Morgan fingerprint density at radius 3 is 2.82 bits per heavy atom. The molecule has 1 N–H and O–H groups in total. The third kappa shape index (κ3) is 4.87. The van der Waals surface area contributed by atoms with Gasteiger partial charge in [-0.1, -0.05) is 50.9 Å². The zero-order valence-corrected chi connectivity index (χ0v) is 15.1. The summed E-state index contributed by atoms with van der Waals surface area (Å²) in [5, 5.41) is 4.10. The lowest BCUT2D eigenvalue weighted by atomic mass is 9.85. The van der Waals surface area contributed by atoms with Gasteiger partial charge in [-0.05, 0) is 23.1 Å². The first-order chi connectivity index (χ1) is 9.93. The molecule has 0 bridgehead atoms. The summed E-state index contributed by atoms with van der Waals surface area (Å²) in [6.45, 7) is 8.85. The van der Waals surface area contributed by atoms with Gasteiger partial charge in [-0.3, -0.25) is 4.79 Å². The van der Waals surface area contributed by atoms with Crippen LogP contribution in [0.4, 0.5) is 0 Å². The standard InChI is InChI=1S/C17H25ClN2O.ClH/c1-4-17(2,3)11-16(21)20-9-8-19-12-15(20)13-6-5-7-14(18)10-13;/h5-7,10,15,19H,4,8-9,11-12H2,1-3H3;1H. The molecule has 0 saturated carbocycles. The molecule has 1 unspecified atom stereocenters. The Balaban J connectivity index is 0.00000242. The zero-order chi connectivity index (χ0) is 15.5. The Kier molecular flexibility index (Phi) is 7.17. The first kappa shape index (κ1) is 19.3. The number of amides is 1. The second-order valence-electron chi connectivity index (χ2n) is 6.56. The number of rotatable bonds is 4. The second kappa shape index (κ2) is 8.19. The second-order valence-corrected chi connectivity index (χ2v) is 6.99. The smallest absolute Gasteiger partial charge is 0.223 e. The minimum Gasteiger partial charge on any atom is -0.333 e. The summed E-state index contributed by atoms with van der Waals surface area (Å²) in [4.78, 5) is 14.7. The maximum absolute atomic E-state index is 12.7. The largest absolute Gasteiger partial charge is 0.333 e. The molecule has 1 fully saturated rings. The van der Waals surface area contributed by atoms with Crippen LogP contribution in [0.3, 0.4) is 0 Å². The van der Waals surface area contributed by atoms with E-state index in [1.807, 2.05) is 23.1 Å². The van der Waals surface area contributed by atoms with Crippen molar-refractivity contribution in [3.05, 3.63) is 34.9 Å². The van der Waals surface area contributed by atoms with Gasteiger partial charge in [-0.2, -0.15) is 0 Å². The number of carbonyl (C=O) groups is 1. The van der Waals surface area contributed by atoms with Gasteiger partial charge in [0.25, 0.3) is 0 Å². The molecule has 0 aromatic heterocycles. The van der Waals surface area contributed by atoms with E-state index in [0.29, 0.717) is 6.42 Å². The Morgan fingerprint density at radius 2 is 2.18 bits per heavy atom. The Labute approximate surface area is 144 Å². The fourth-order valence-electron chi connectivity index (χ4n) is 2.65. The maximum atomic E-state index is 12.7. The van der Waals surface area contributed by atoms with Gasteiger partial charge in [0, 0.05) is 31.1 Å². The van der Waals surface area contributed by atoms with Gasteiger partial charge < -0.3 is 10.2 Å². The van der Waals surface area contributed by atoms with Crippen LogP contribution in [0.25, 0.3) is 0 Å². The predicted octanol–water partition coefficient (Wildman–Crippen LogP) is 4.06. The lowest BCUT2D eigenvalue weighted by molar-refractivity contribution is -0.136. The van der Waals surface area contributed by atoms with E-state index in [-0.39, 0.29) is 29.8 Å². The molecule has 1 saturated heterocycles. The molecule has 0 spiro atoms. The van der Waals surface area contributed by atoms with Gasteiger partial charge in [0.05, 0.1) is 6.04 Å². The quantitative estimate of drug-likeness (QED) is 0.892. The Bertz CT molecular complexity index is 505. The van der Waals surface area contributed by atoms with Crippen molar-refractivity contribution in [2.24, 2.45) is 5.41 Å². The van der Waals surface area contributed by atoms with E-state index < -0.39 is 0 Å². The number of hydrogen-bond donors (Lipinski definition) is 1. The van der Waals surface area contributed by atoms with E-state index in [9.17, 15) is 4.79 Å². The highest BCUT2D eigenvalue weighted by molar-refractivity contribution is 6.30. The third-order valence-corrected chi connectivity index (χ3v) is 4.62. The van der Waals surface area contributed by atoms with E-state index in [1.165, 1.54) is 0 Å². The molecule has 0 radical (unpaired) electrons. The fourth-order valence-corrected chi connectivity index (χ4v) is 2.85. The molecule has 5 heteroatoms. The number of hydrogen-bond acceptors (Lipinski definition) is 2. The lowest BCUT2D eigenvalue weighted by Crippen LogP contribution is -2.49. The molecule has 1 aromatic rings. The SMILES string of the molecule is CCC(C)(C)CC(=O)N1CCNCC1c1cccc(Cl)c1.Cl. The molecule has 2 rings (SSSR count). The maximum Gasteiger partial charge on any atom is 0.223 e. The van der Waals surface area contributed by atoms with Crippen LogP contribution < -0.4 is 5.32 Å². The first-order valence-electron chi connectivity index (χ1n) is 7.68. The number of carbonyl (C=O) groups excluding carboxylic acids is 1. The molecule has 1 aliphatic heterocycles. The van der Waals surface area contributed by atoms with Crippen LogP contribution in [-0.2, 0) is 4.79 Å². The molecule has 0 aliphatic carbocycles. The number of halogens is 2. The zero-order valence-electron chi connectivity index (χ0n) is 13.6. The average Bonchev–Trinajstić information content (AvgIpc) is 2.47. The molecule has 1 aromatic carbocycles. The van der Waals surface area contributed by atoms with Crippen LogP contribution in [0.5, 0.6) is 0 Å². The highest BCUT2D eigenvalue weighted by Crippen LogP contribution is 2.30. The van der Waals surface area contributed by atoms with Crippen molar-refractivity contribution in [2.75, 3.05) is 19.6 Å². The Morgan fingerprint density at radius 1 is 1.45 bits per heavy atom. The lowest BCUT2D eigenvalue weighted by Gasteiger charge is -2.38. The van der Waals surface area contributed by atoms with Crippen molar-refractivity contribution in [1.82, 2.24) is 10.2 Å². The summed E-state index contributed by atoms with van der Waals surface area (Å²) in [6.07, 6.45) is 1.60. The minimum atomic E-state index is 0. The van der Waals surface area contributed by atoms with E-state index in [2.05, 4.69) is 32.2 Å². The van der Waals surface area contributed by atoms with Crippen LogP contribution in [-0.4, -0.2) is 30.4 Å². The van der Waals surface area contributed by atoms with E-state index in [0.717, 1.165) is 36.6 Å². The van der Waals surface area contributed by atoms with Gasteiger partial charge in [-0.15, -0.1) is 12.4 Å². The highest BCUT2D eigenvalue weighted by atomic mass is 35.5. The number of piperazine rings is 1. The summed E-state index contributed by atoms with van der Waals surface area (Å²) in [7, 11) is 0. The van der Waals surface area contributed by atoms with E-state index >= 15 is 0 Å². The highest BCUT2D eigenvalue weighted by Gasteiger charge is 2.31. The molecule has 1 aliphatic rings.